The molecule has 0 spiro atoms. The molecule has 1 heterocycles. The maximum absolute atomic E-state index is 14.7. The van der Waals surface area contributed by atoms with Crippen LogP contribution in [0.1, 0.15) is 18.7 Å². The fraction of sp³-hybridized carbons (Fsp3) is 0.273. The molecule has 3 atom stereocenters. The van der Waals surface area contributed by atoms with Crippen molar-refractivity contribution in [2.75, 3.05) is 0 Å². The Labute approximate surface area is 126 Å². The van der Waals surface area contributed by atoms with E-state index in [9.17, 15) is 8.96 Å². The van der Waals surface area contributed by atoms with Gasteiger partial charge in [-0.25, -0.2) is 8.96 Å². The summed E-state index contributed by atoms with van der Waals surface area (Å²) >= 11 is 4.22. The average molecular weight is 335 g/mol. The minimum atomic E-state index is -4.77. The van der Waals surface area contributed by atoms with Crippen molar-refractivity contribution in [2.45, 2.75) is 18.5 Å². The zero-order valence-electron chi connectivity index (χ0n) is 11.0. The van der Waals surface area contributed by atoms with Crippen molar-refractivity contribution in [3.63, 3.8) is 0 Å². The monoisotopic (exact) mass is 335 g/mol. The van der Waals surface area contributed by atoms with Crippen LogP contribution in [0.25, 0.3) is 5.53 Å². The number of phosphoric ester groups is 1. The van der Waals surface area contributed by atoms with Gasteiger partial charge in [0.05, 0.1) is 0 Å². The molecule has 1 aliphatic heterocycles. The zero-order valence-corrected chi connectivity index (χ0v) is 12.8. The van der Waals surface area contributed by atoms with Gasteiger partial charge in [0.25, 0.3) is 0 Å². The number of benzene rings is 1. The molecule has 0 saturated carbocycles. The van der Waals surface area contributed by atoms with E-state index in [2.05, 4.69) is 28.1 Å². The molecule has 0 radical (unpaired) electrons. The van der Waals surface area contributed by atoms with Gasteiger partial charge >= 0.3 is 7.82 Å². The number of hydrogen-bond donors (Lipinski definition) is 5. The summed E-state index contributed by atoms with van der Waals surface area (Å²) in [4.78, 5) is 17.8. The molecule has 1 aromatic carbocycles. The average Bonchev–Trinajstić information content (AvgIpc) is 2.86. The Bertz CT molecular complexity index is 595. The quantitative estimate of drug-likeness (QED) is 0.408. The number of hydrogen-bond acceptors (Lipinski definition) is 4. The molecule has 0 amide bonds. The third kappa shape index (κ3) is 3.97. The molecule has 0 aliphatic carbocycles. The van der Waals surface area contributed by atoms with Crippen molar-refractivity contribution in [1.29, 1.82) is 0 Å². The minimum absolute atomic E-state index is 0.0115. The molecule has 1 aromatic rings. The fourth-order valence-corrected chi connectivity index (χ4v) is 2.55. The number of allylic oxidation sites excluding steroid dienone is 1. The van der Waals surface area contributed by atoms with Gasteiger partial charge in [-0.15, -0.1) is 12.6 Å². The highest BCUT2D eigenvalue weighted by Crippen LogP contribution is 2.42. The smallest absolute Gasteiger partial charge is 0.440 e. The molecule has 1 aliphatic rings. The number of alkyl halides is 1. The van der Waals surface area contributed by atoms with Crippen molar-refractivity contribution >= 4 is 20.5 Å². The van der Waals surface area contributed by atoms with Crippen molar-refractivity contribution < 1.29 is 28.3 Å². The Kier molecular flexibility index (Phi) is 4.92. The molecule has 3 unspecified atom stereocenters. The van der Waals surface area contributed by atoms with Crippen LogP contribution in [0, 0.1) is 0 Å². The van der Waals surface area contributed by atoms with Crippen molar-refractivity contribution in [1.82, 2.24) is 5.43 Å². The van der Waals surface area contributed by atoms with Crippen LogP contribution in [0.15, 0.2) is 36.2 Å². The first kappa shape index (κ1) is 16.3. The summed E-state index contributed by atoms with van der Waals surface area (Å²) in [5.41, 5.74) is 6.76. The van der Waals surface area contributed by atoms with Gasteiger partial charge in [0.15, 0.2) is 5.70 Å². The molecule has 0 fully saturated rings. The van der Waals surface area contributed by atoms with Crippen molar-refractivity contribution in [3.05, 3.63) is 47.3 Å². The number of thiol groups is 1. The lowest BCUT2D eigenvalue weighted by Gasteiger charge is -2.30. The Morgan fingerprint density at radius 3 is 2.76 bits per heavy atom. The first-order valence-corrected chi connectivity index (χ1v) is 8.04. The summed E-state index contributed by atoms with van der Waals surface area (Å²) in [5, 5.41) is 0.135. The van der Waals surface area contributed by atoms with Crippen LogP contribution in [0.4, 0.5) is 4.39 Å². The Hall–Kier alpha value is -1.09. The van der Waals surface area contributed by atoms with E-state index in [0.717, 1.165) is 0 Å². The van der Waals surface area contributed by atoms with E-state index in [1.807, 2.05) is 0 Å². The molecule has 0 saturated heterocycles. The Morgan fingerprint density at radius 1 is 1.48 bits per heavy atom. The van der Waals surface area contributed by atoms with Crippen LogP contribution in [-0.2, 0) is 4.57 Å². The normalized spacial score (nSPS) is 21.4. The molecule has 10 heteroatoms. The van der Waals surface area contributed by atoms with Crippen LogP contribution in [-0.4, -0.2) is 15.2 Å². The standard InChI is InChI=1S/C11H15FN3O4PS/c1-7(21)15-9(6-13-14-15)11(12)8-4-2-3-5-10(8)19-20(16,17)18/h2-7,11,13,15,21H,1H3,(H2,16,17,18). The third-order valence-electron chi connectivity index (χ3n) is 2.78. The van der Waals surface area contributed by atoms with Crippen LogP contribution in [0.2, 0.25) is 0 Å². The molecule has 0 bridgehead atoms. The number of halogens is 1. The van der Waals surface area contributed by atoms with Gasteiger partial charge in [-0.1, -0.05) is 18.2 Å². The minimum Gasteiger partial charge on any atom is -0.440 e. The lowest BCUT2D eigenvalue weighted by molar-refractivity contribution is -0.831. The second kappa shape index (κ2) is 6.35. The van der Waals surface area contributed by atoms with Gasteiger partial charge in [0.1, 0.15) is 11.1 Å². The Balaban J connectivity index is 2.31. The van der Waals surface area contributed by atoms with Crippen LogP contribution in [0.5, 0.6) is 5.75 Å². The number of nitrogens with zero attached hydrogens (tertiary/aromatic N) is 1. The van der Waals surface area contributed by atoms with Gasteiger partial charge < -0.3 is 20.5 Å². The van der Waals surface area contributed by atoms with Crippen LogP contribution in [0.3, 0.4) is 0 Å². The predicted molar refractivity (Wildman–Crippen MR) is 77.0 cm³/mol. The topological polar surface area (TPSA) is 97.3 Å². The molecule has 7 nitrogen and oxygen atoms in total. The lowest BCUT2D eigenvalue weighted by Crippen LogP contribution is -3.08. The third-order valence-corrected chi connectivity index (χ3v) is 3.46. The van der Waals surface area contributed by atoms with Gasteiger partial charge in [0.2, 0.25) is 6.17 Å². The SMILES string of the molecule is CC(S)[NH+]1[N-]NC=C1C(F)c1ccccc1OP(=O)(O)O. The number of phosphoric acid groups is 1. The molecular weight excluding hydrogens is 320 g/mol. The highest BCUT2D eigenvalue weighted by Gasteiger charge is 2.31. The number of quaternary nitrogens is 1. The van der Waals surface area contributed by atoms with E-state index in [1.54, 1.807) is 13.0 Å². The van der Waals surface area contributed by atoms with E-state index in [4.69, 9.17) is 9.79 Å². The molecule has 0 aromatic heterocycles. The highest BCUT2D eigenvalue weighted by atomic mass is 32.1. The van der Waals surface area contributed by atoms with Crippen molar-refractivity contribution in [2.24, 2.45) is 0 Å². The summed E-state index contributed by atoms with van der Waals surface area (Å²) in [6.45, 7) is 1.74. The number of para-hydroxylation sites is 1. The summed E-state index contributed by atoms with van der Waals surface area (Å²) in [5.74, 6) is -0.211. The second-order valence-electron chi connectivity index (χ2n) is 4.38. The van der Waals surface area contributed by atoms with Gasteiger partial charge in [-0.3, -0.25) is 9.79 Å². The first-order chi connectivity index (χ1) is 9.79. The van der Waals surface area contributed by atoms with E-state index < -0.39 is 14.0 Å². The highest BCUT2D eigenvalue weighted by molar-refractivity contribution is 7.80. The van der Waals surface area contributed by atoms with Crippen LogP contribution < -0.4 is 15.0 Å². The molecule has 4 N–H and O–H groups in total. The first-order valence-electron chi connectivity index (χ1n) is 5.99. The number of rotatable bonds is 5. The molecular formula is C11H15FN3O4PS. The van der Waals surface area contributed by atoms with E-state index >= 15 is 0 Å². The summed E-state index contributed by atoms with van der Waals surface area (Å²) < 4.78 is 30.2. The maximum atomic E-state index is 14.7. The van der Waals surface area contributed by atoms with E-state index in [-0.39, 0.29) is 22.4 Å². The predicted octanol–water partition coefficient (Wildman–Crippen LogP) is 0.978. The molecule has 2 rings (SSSR count). The van der Waals surface area contributed by atoms with Crippen LogP contribution >= 0.6 is 20.5 Å². The summed E-state index contributed by atoms with van der Waals surface area (Å²) in [6, 6.07) is 5.75. The fourth-order valence-electron chi connectivity index (χ4n) is 1.92. The zero-order chi connectivity index (χ0) is 15.6. The van der Waals surface area contributed by atoms with Gasteiger partial charge in [0, 0.05) is 11.8 Å². The maximum Gasteiger partial charge on any atom is 0.524 e. The molecule has 116 valence electrons. The van der Waals surface area contributed by atoms with E-state index in [1.165, 1.54) is 24.4 Å². The van der Waals surface area contributed by atoms with Gasteiger partial charge in [-0.2, -0.15) is 0 Å². The van der Waals surface area contributed by atoms with Crippen molar-refractivity contribution in [3.8, 4) is 5.75 Å². The van der Waals surface area contributed by atoms with E-state index in [0.29, 0.717) is 5.01 Å². The summed E-state index contributed by atoms with van der Waals surface area (Å²) in [6.07, 6.45) is -0.253. The molecule has 21 heavy (non-hydrogen) atoms. The lowest BCUT2D eigenvalue weighted by atomic mass is 10.1. The second-order valence-corrected chi connectivity index (χ2v) is 6.32. The largest absolute Gasteiger partial charge is 0.524 e. The summed E-state index contributed by atoms with van der Waals surface area (Å²) in [7, 11) is -4.77. The number of nitrogens with one attached hydrogen (secondary N) is 2. The van der Waals surface area contributed by atoms with Gasteiger partial charge in [-0.05, 0) is 13.0 Å². The Morgan fingerprint density at radius 2 is 2.14 bits per heavy atom.